The van der Waals surface area contributed by atoms with Crippen LogP contribution in [0.3, 0.4) is 0 Å². The predicted molar refractivity (Wildman–Crippen MR) is 42.8 cm³/mol. The Morgan fingerprint density at radius 3 is 2.90 bits per heavy atom. The van der Waals surface area contributed by atoms with Gasteiger partial charge in [-0.1, -0.05) is 18.2 Å². The molecule has 0 aromatic heterocycles. The van der Waals surface area contributed by atoms with Gasteiger partial charge in [-0.05, 0) is 18.1 Å². The van der Waals surface area contributed by atoms with Crippen LogP contribution in [0.1, 0.15) is 5.56 Å². The van der Waals surface area contributed by atoms with Crippen molar-refractivity contribution in [2.24, 2.45) is 0 Å². The Morgan fingerprint density at radius 2 is 2.10 bits per heavy atom. The topological polar surface area (TPSA) is 3.24 Å². The molecule has 0 bridgehead atoms. The number of nitrogens with zero attached hydrogens (tertiary/aromatic N) is 1. The molecule has 0 spiro atoms. The van der Waals surface area contributed by atoms with Crippen molar-refractivity contribution in [1.82, 2.24) is 0 Å². The zero-order valence-corrected chi connectivity index (χ0v) is 6.04. The van der Waals surface area contributed by atoms with Crippen LogP contribution in [-0.4, -0.2) is 7.05 Å². The van der Waals surface area contributed by atoms with Gasteiger partial charge in [-0.2, -0.15) is 0 Å². The van der Waals surface area contributed by atoms with Crippen molar-refractivity contribution in [3.63, 3.8) is 0 Å². The number of fused-ring (bicyclic) bond motifs is 1. The minimum Gasteiger partial charge on any atom is -0.369 e. The van der Waals surface area contributed by atoms with Crippen LogP contribution < -0.4 is 4.90 Å². The van der Waals surface area contributed by atoms with Gasteiger partial charge in [0, 0.05) is 12.7 Å². The average Bonchev–Trinajstić information content (AvgIpc) is 2.34. The van der Waals surface area contributed by atoms with Gasteiger partial charge < -0.3 is 4.90 Å². The molecule has 1 aliphatic heterocycles. The second-order valence-electron chi connectivity index (χ2n) is 2.63. The number of para-hydroxylation sites is 1. The Labute approximate surface area is 61.3 Å². The molecule has 0 amide bonds. The second-order valence-corrected chi connectivity index (χ2v) is 2.63. The van der Waals surface area contributed by atoms with E-state index >= 15 is 0 Å². The normalized spacial score (nSPS) is 15.5. The van der Waals surface area contributed by atoms with Gasteiger partial charge in [-0.15, -0.1) is 0 Å². The fourth-order valence-corrected chi connectivity index (χ4v) is 1.36. The third kappa shape index (κ3) is 0.703. The van der Waals surface area contributed by atoms with Crippen LogP contribution in [0.15, 0.2) is 24.3 Å². The summed E-state index contributed by atoms with van der Waals surface area (Å²) >= 11 is 0. The summed E-state index contributed by atoms with van der Waals surface area (Å²) in [6.07, 6.45) is 1.09. The standard InChI is InChI=1S/C9H10N/c1-10-7-6-8-4-2-3-5-9(8)10/h2-5,7H,6H2,1H3. The lowest BCUT2D eigenvalue weighted by atomic mass is 10.2. The van der Waals surface area contributed by atoms with Gasteiger partial charge in [0.1, 0.15) is 0 Å². The summed E-state index contributed by atoms with van der Waals surface area (Å²) in [7, 11) is 2.09. The maximum atomic E-state index is 2.20. The van der Waals surface area contributed by atoms with E-state index in [4.69, 9.17) is 0 Å². The van der Waals surface area contributed by atoms with E-state index in [1.54, 1.807) is 0 Å². The quantitative estimate of drug-likeness (QED) is 0.520. The molecule has 51 valence electrons. The molecular weight excluding hydrogens is 122 g/mol. The summed E-state index contributed by atoms with van der Waals surface area (Å²) in [6.45, 7) is 2.20. The zero-order chi connectivity index (χ0) is 6.97. The lowest BCUT2D eigenvalue weighted by molar-refractivity contribution is 1.09. The Balaban J connectivity index is 2.51. The van der Waals surface area contributed by atoms with Crippen molar-refractivity contribution < 1.29 is 0 Å². The summed E-state index contributed by atoms with van der Waals surface area (Å²) in [4.78, 5) is 2.18. The van der Waals surface area contributed by atoms with E-state index in [-0.39, 0.29) is 0 Å². The Bertz CT molecular complexity index is 242. The van der Waals surface area contributed by atoms with Gasteiger partial charge in [0.2, 0.25) is 0 Å². The van der Waals surface area contributed by atoms with Crippen molar-refractivity contribution in [2.45, 2.75) is 6.42 Å². The number of anilines is 1. The minimum absolute atomic E-state index is 1.09. The van der Waals surface area contributed by atoms with Crippen molar-refractivity contribution >= 4 is 5.69 Å². The van der Waals surface area contributed by atoms with Gasteiger partial charge in [-0.25, -0.2) is 0 Å². The Morgan fingerprint density at radius 1 is 1.30 bits per heavy atom. The van der Waals surface area contributed by atoms with Gasteiger partial charge in [0.25, 0.3) is 0 Å². The highest BCUT2D eigenvalue weighted by Crippen LogP contribution is 2.27. The minimum atomic E-state index is 1.09. The van der Waals surface area contributed by atoms with Crippen molar-refractivity contribution in [2.75, 3.05) is 11.9 Å². The molecule has 1 aromatic carbocycles. The molecule has 0 N–H and O–H groups in total. The lowest BCUT2D eigenvalue weighted by Gasteiger charge is -2.09. The van der Waals surface area contributed by atoms with E-state index < -0.39 is 0 Å². The summed E-state index contributed by atoms with van der Waals surface area (Å²) in [5.74, 6) is 0. The van der Waals surface area contributed by atoms with Crippen LogP contribution >= 0.6 is 0 Å². The number of hydrogen-bond acceptors (Lipinski definition) is 1. The number of rotatable bonds is 0. The molecule has 1 heteroatoms. The highest BCUT2D eigenvalue weighted by atomic mass is 15.1. The van der Waals surface area contributed by atoms with E-state index in [0.717, 1.165) is 6.42 Å². The van der Waals surface area contributed by atoms with E-state index in [1.807, 2.05) is 0 Å². The van der Waals surface area contributed by atoms with Gasteiger partial charge in [-0.3, -0.25) is 0 Å². The average molecular weight is 132 g/mol. The highest BCUT2D eigenvalue weighted by molar-refractivity contribution is 5.59. The van der Waals surface area contributed by atoms with Gasteiger partial charge in [0.15, 0.2) is 0 Å². The third-order valence-corrected chi connectivity index (χ3v) is 1.96. The number of likely N-dealkylation sites (N-methyl/N-ethyl adjacent to an activating group) is 1. The molecule has 1 radical (unpaired) electrons. The van der Waals surface area contributed by atoms with Crippen LogP contribution in [0.4, 0.5) is 5.69 Å². The maximum Gasteiger partial charge on any atom is 0.0534 e. The zero-order valence-electron chi connectivity index (χ0n) is 6.04. The van der Waals surface area contributed by atoms with Crippen molar-refractivity contribution in [3.8, 4) is 0 Å². The summed E-state index contributed by atoms with van der Waals surface area (Å²) in [5, 5.41) is 0. The summed E-state index contributed by atoms with van der Waals surface area (Å²) in [6, 6.07) is 8.49. The molecule has 1 aliphatic rings. The third-order valence-electron chi connectivity index (χ3n) is 1.96. The molecule has 0 atom stereocenters. The van der Waals surface area contributed by atoms with E-state index in [0.29, 0.717) is 0 Å². The predicted octanol–water partition coefficient (Wildman–Crippen LogP) is 1.84. The highest BCUT2D eigenvalue weighted by Gasteiger charge is 2.13. The SMILES string of the molecule is CN1[CH]Cc2ccccc21. The molecule has 0 saturated heterocycles. The second kappa shape index (κ2) is 2.01. The van der Waals surface area contributed by atoms with Gasteiger partial charge >= 0.3 is 0 Å². The molecule has 0 saturated carbocycles. The van der Waals surface area contributed by atoms with Crippen LogP contribution in [-0.2, 0) is 6.42 Å². The first-order valence-corrected chi connectivity index (χ1v) is 3.52. The first-order valence-electron chi connectivity index (χ1n) is 3.52. The molecule has 0 aliphatic carbocycles. The van der Waals surface area contributed by atoms with Crippen molar-refractivity contribution in [1.29, 1.82) is 0 Å². The molecule has 1 nitrogen and oxygen atoms in total. The van der Waals surface area contributed by atoms with Crippen LogP contribution in [0, 0.1) is 6.54 Å². The largest absolute Gasteiger partial charge is 0.369 e. The molecule has 1 heterocycles. The molecule has 1 aromatic rings. The number of benzene rings is 1. The van der Waals surface area contributed by atoms with E-state index in [9.17, 15) is 0 Å². The van der Waals surface area contributed by atoms with Crippen LogP contribution in [0.25, 0.3) is 0 Å². The van der Waals surface area contributed by atoms with E-state index in [1.165, 1.54) is 11.3 Å². The molecular formula is C9H10N. The Hall–Kier alpha value is -0.980. The Kier molecular flexibility index (Phi) is 1.16. The molecule has 0 unspecified atom stereocenters. The fraction of sp³-hybridized carbons (Fsp3) is 0.222. The lowest BCUT2D eigenvalue weighted by Crippen LogP contribution is -2.06. The van der Waals surface area contributed by atoms with Crippen molar-refractivity contribution in [3.05, 3.63) is 36.4 Å². The fourth-order valence-electron chi connectivity index (χ4n) is 1.36. The van der Waals surface area contributed by atoms with E-state index in [2.05, 4.69) is 42.8 Å². The number of hydrogen-bond donors (Lipinski definition) is 0. The summed E-state index contributed by atoms with van der Waals surface area (Å²) < 4.78 is 0. The molecule has 10 heavy (non-hydrogen) atoms. The van der Waals surface area contributed by atoms with Gasteiger partial charge in [0.05, 0.1) is 6.54 Å². The molecule has 0 fully saturated rings. The summed E-state index contributed by atoms with van der Waals surface area (Å²) in [5.41, 5.74) is 2.78. The monoisotopic (exact) mass is 132 g/mol. The van der Waals surface area contributed by atoms with Crippen LogP contribution in [0.2, 0.25) is 0 Å². The molecule has 2 rings (SSSR count). The smallest absolute Gasteiger partial charge is 0.0534 e. The van der Waals surface area contributed by atoms with Crippen LogP contribution in [0.5, 0.6) is 0 Å². The maximum absolute atomic E-state index is 2.20. The first kappa shape index (κ1) is 5.78. The first-order chi connectivity index (χ1) is 4.88.